The van der Waals surface area contributed by atoms with Crippen LogP contribution in [-0.4, -0.2) is 19.0 Å². The third kappa shape index (κ3) is 4.20. The van der Waals surface area contributed by atoms with Crippen LogP contribution in [0.25, 0.3) is 0 Å². The number of hydrogen-bond donors (Lipinski definition) is 1. The Hall–Kier alpha value is -1.66. The summed E-state index contributed by atoms with van der Waals surface area (Å²) in [7, 11) is 1.35. The van der Waals surface area contributed by atoms with Crippen molar-refractivity contribution in [2.24, 2.45) is 5.92 Å². The van der Waals surface area contributed by atoms with Gasteiger partial charge in [-0.2, -0.15) is 0 Å². The average Bonchev–Trinajstić information content (AvgIpc) is 2.88. The molecule has 1 amide bonds. The number of carbonyl (C=O) groups excluding carboxylic acids is 2. The first-order valence-corrected chi connectivity index (χ1v) is 8.85. The third-order valence-electron chi connectivity index (χ3n) is 3.23. The Morgan fingerprint density at radius 1 is 1.30 bits per heavy atom. The Bertz CT molecular complexity index is 724. The molecule has 4 nitrogen and oxygen atoms in total. The van der Waals surface area contributed by atoms with Crippen molar-refractivity contribution in [3.05, 3.63) is 50.8 Å². The Kier molecular flexibility index (Phi) is 5.96. The molecule has 0 bridgehead atoms. The molecule has 2 rings (SSSR count). The molecule has 2 aromatic rings. The standard InChI is InChI=1S/C17H18BrNO3S/c1-10(2)8-11-9-23-16(14(11)17(21)22-3)19-15(20)12-6-4-5-7-13(12)18/h4-7,9-10H,8H2,1-3H3,(H,19,20). The number of ether oxygens (including phenoxy) is 1. The first-order chi connectivity index (χ1) is 10.9. The summed E-state index contributed by atoms with van der Waals surface area (Å²) in [5, 5.41) is 5.25. The monoisotopic (exact) mass is 395 g/mol. The molecule has 0 aliphatic carbocycles. The quantitative estimate of drug-likeness (QED) is 0.743. The second kappa shape index (κ2) is 7.75. The highest BCUT2D eigenvalue weighted by Gasteiger charge is 2.22. The maximum atomic E-state index is 12.4. The minimum absolute atomic E-state index is 0.263. The molecule has 1 aromatic heterocycles. The number of anilines is 1. The maximum Gasteiger partial charge on any atom is 0.341 e. The molecule has 23 heavy (non-hydrogen) atoms. The van der Waals surface area contributed by atoms with E-state index in [2.05, 4.69) is 35.1 Å². The van der Waals surface area contributed by atoms with Crippen molar-refractivity contribution < 1.29 is 14.3 Å². The van der Waals surface area contributed by atoms with Crippen LogP contribution in [0.2, 0.25) is 0 Å². The first-order valence-electron chi connectivity index (χ1n) is 7.18. The average molecular weight is 396 g/mol. The molecular formula is C17H18BrNO3S. The molecule has 1 heterocycles. The zero-order valence-electron chi connectivity index (χ0n) is 13.2. The van der Waals surface area contributed by atoms with E-state index in [1.807, 2.05) is 11.4 Å². The van der Waals surface area contributed by atoms with E-state index < -0.39 is 5.97 Å². The van der Waals surface area contributed by atoms with Crippen LogP contribution in [0, 0.1) is 5.92 Å². The lowest BCUT2D eigenvalue weighted by Crippen LogP contribution is -2.15. The van der Waals surface area contributed by atoms with Crippen molar-refractivity contribution in [1.29, 1.82) is 0 Å². The minimum atomic E-state index is -0.427. The molecule has 0 aliphatic rings. The lowest BCUT2D eigenvalue weighted by atomic mass is 10.0. The number of methoxy groups -OCH3 is 1. The molecule has 0 unspecified atom stereocenters. The van der Waals surface area contributed by atoms with Gasteiger partial charge in [0.25, 0.3) is 5.91 Å². The normalized spacial score (nSPS) is 10.7. The molecule has 0 aliphatic heterocycles. The molecule has 122 valence electrons. The molecule has 0 saturated heterocycles. The highest BCUT2D eigenvalue weighted by Crippen LogP contribution is 2.31. The van der Waals surface area contributed by atoms with Gasteiger partial charge >= 0.3 is 5.97 Å². The van der Waals surface area contributed by atoms with Gasteiger partial charge in [0.15, 0.2) is 0 Å². The molecule has 0 radical (unpaired) electrons. The van der Waals surface area contributed by atoms with Crippen LogP contribution in [0.1, 0.15) is 40.1 Å². The molecule has 0 fully saturated rings. The fourth-order valence-electron chi connectivity index (χ4n) is 2.22. The predicted molar refractivity (Wildman–Crippen MR) is 96.3 cm³/mol. The summed E-state index contributed by atoms with van der Waals surface area (Å²) in [4.78, 5) is 24.5. The second-order valence-corrected chi connectivity index (χ2v) is 7.22. The van der Waals surface area contributed by atoms with Gasteiger partial charge in [-0.3, -0.25) is 4.79 Å². The van der Waals surface area contributed by atoms with Gasteiger partial charge in [-0.05, 0) is 51.3 Å². The van der Waals surface area contributed by atoms with Gasteiger partial charge in [-0.25, -0.2) is 4.79 Å². The van der Waals surface area contributed by atoms with Crippen molar-refractivity contribution in [1.82, 2.24) is 0 Å². The molecular weight excluding hydrogens is 378 g/mol. The van der Waals surface area contributed by atoms with Gasteiger partial charge < -0.3 is 10.1 Å². The number of esters is 1. The Morgan fingerprint density at radius 2 is 2.00 bits per heavy atom. The van der Waals surface area contributed by atoms with E-state index in [-0.39, 0.29) is 5.91 Å². The number of rotatable bonds is 5. The van der Waals surface area contributed by atoms with Crippen LogP contribution in [0.15, 0.2) is 34.1 Å². The van der Waals surface area contributed by atoms with E-state index in [1.54, 1.807) is 18.2 Å². The van der Waals surface area contributed by atoms with Crippen LogP contribution in [-0.2, 0) is 11.2 Å². The van der Waals surface area contributed by atoms with E-state index >= 15 is 0 Å². The van der Waals surface area contributed by atoms with Crippen molar-refractivity contribution >= 4 is 44.1 Å². The molecule has 0 saturated carbocycles. The predicted octanol–water partition coefficient (Wildman–Crippen LogP) is 4.75. The number of amides is 1. The molecule has 1 aromatic carbocycles. The van der Waals surface area contributed by atoms with Crippen LogP contribution >= 0.6 is 27.3 Å². The van der Waals surface area contributed by atoms with E-state index in [0.717, 1.165) is 12.0 Å². The zero-order valence-corrected chi connectivity index (χ0v) is 15.6. The second-order valence-electron chi connectivity index (χ2n) is 5.49. The smallest absolute Gasteiger partial charge is 0.341 e. The summed E-state index contributed by atoms with van der Waals surface area (Å²) < 4.78 is 5.58. The molecule has 6 heteroatoms. The first kappa shape index (κ1) is 17.7. The van der Waals surface area contributed by atoms with Crippen molar-refractivity contribution in [2.45, 2.75) is 20.3 Å². The molecule has 0 spiro atoms. The number of halogens is 1. The Balaban J connectivity index is 2.32. The van der Waals surface area contributed by atoms with E-state index in [0.29, 0.717) is 26.5 Å². The fraction of sp³-hybridized carbons (Fsp3) is 0.294. The van der Waals surface area contributed by atoms with E-state index in [9.17, 15) is 9.59 Å². The van der Waals surface area contributed by atoms with Gasteiger partial charge in [-0.15, -0.1) is 11.3 Å². The van der Waals surface area contributed by atoms with Crippen LogP contribution in [0.5, 0.6) is 0 Å². The highest BCUT2D eigenvalue weighted by atomic mass is 79.9. The maximum absolute atomic E-state index is 12.4. The summed E-state index contributed by atoms with van der Waals surface area (Å²) in [5.41, 5.74) is 1.87. The minimum Gasteiger partial charge on any atom is -0.465 e. The van der Waals surface area contributed by atoms with Crippen LogP contribution in [0.4, 0.5) is 5.00 Å². The van der Waals surface area contributed by atoms with Gasteiger partial charge in [-0.1, -0.05) is 26.0 Å². The summed E-state index contributed by atoms with van der Waals surface area (Å²) in [6.45, 7) is 4.16. The lowest BCUT2D eigenvalue weighted by Gasteiger charge is -2.09. The van der Waals surface area contributed by atoms with Gasteiger partial charge in [0.1, 0.15) is 5.00 Å². The Labute approximate surface area is 148 Å². The topological polar surface area (TPSA) is 55.4 Å². The number of nitrogens with one attached hydrogen (secondary N) is 1. The summed E-state index contributed by atoms with van der Waals surface area (Å²) in [6.07, 6.45) is 0.756. The van der Waals surface area contributed by atoms with E-state index in [4.69, 9.17) is 4.74 Å². The highest BCUT2D eigenvalue weighted by molar-refractivity contribution is 9.10. The zero-order chi connectivity index (χ0) is 17.0. The van der Waals surface area contributed by atoms with Crippen molar-refractivity contribution in [3.8, 4) is 0 Å². The number of carbonyl (C=O) groups is 2. The van der Waals surface area contributed by atoms with Gasteiger partial charge in [0, 0.05) is 4.47 Å². The van der Waals surface area contributed by atoms with Crippen LogP contribution < -0.4 is 5.32 Å². The number of benzene rings is 1. The Morgan fingerprint density at radius 3 is 2.61 bits per heavy atom. The molecule has 0 atom stereocenters. The lowest BCUT2D eigenvalue weighted by molar-refractivity contribution is 0.0601. The fourth-order valence-corrected chi connectivity index (χ4v) is 3.64. The summed E-state index contributed by atoms with van der Waals surface area (Å²) in [5.74, 6) is -0.287. The molecule has 1 N–H and O–H groups in total. The van der Waals surface area contributed by atoms with Crippen molar-refractivity contribution in [2.75, 3.05) is 12.4 Å². The SMILES string of the molecule is COC(=O)c1c(CC(C)C)csc1NC(=O)c1ccccc1Br. The third-order valence-corrected chi connectivity index (χ3v) is 4.87. The van der Waals surface area contributed by atoms with Crippen molar-refractivity contribution in [3.63, 3.8) is 0 Å². The largest absolute Gasteiger partial charge is 0.465 e. The van der Waals surface area contributed by atoms with E-state index in [1.165, 1.54) is 18.4 Å². The van der Waals surface area contributed by atoms with Gasteiger partial charge in [0.05, 0.1) is 18.2 Å². The van der Waals surface area contributed by atoms with Gasteiger partial charge in [0.2, 0.25) is 0 Å². The van der Waals surface area contributed by atoms with Crippen LogP contribution in [0.3, 0.4) is 0 Å². The summed E-state index contributed by atoms with van der Waals surface area (Å²) in [6, 6.07) is 7.15. The summed E-state index contributed by atoms with van der Waals surface area (Å²) >= 11 is 4.70. The number of hydrogen-bond acceptors (Lipinski definition) is 4. The number of thiophene rings is 1.